The largest absolute Gasteiger partial charge is 0.454 e. The summed E-state index contributed by atoms with van der Waals surface area (Å²) in [5.74, 6) is 0. The Hall–Kier alpha value is -5.25. The molecule has 3 heteroatoms. The normalized spacial score (nSPS) is 11.4. The molecule has 2 nitrogen and oxygen atoms in total. The molecule has 0 N–H and O–H groups in total. The third kappa shape index (κ3) is 4.54. The van der Waals surface area contributed by atoms with Crippen molar-refractivity contribution in [1.82, 2.24) is 0 Å². The lowest BCUT2D eigenvalue weighted by Crippen LogP contribution is -2.10. The van der Waals surface area contributed by atoms with Crippen molar-refractivity contribution < 1.29 is 4.42 Å². The summed E-state index contributed by atoms with van der Waals surface area (Å²) < 4.78 is 6.72. The van der Waals surface area contributed by atoms with Crippen molar-refractivity contribution >= 4 is 61.5 Å². The standard InChI is InChI=1S/C41H29NOS/c1-44-39-26-24-33(27-36(39)30-13-6-3-7-14-30)42(32-22-19-29(20-23-32)28-11-4-2-5-12-28)37-18-10-17-35-40-34-16-9-8-15-31(34)21-25-38(40)43-41(35)37/h2-27H,1H3. The highest BCUT2D eigenvalue weighted by Crippen LogP contribution is 2.45. The van der Waals surface area contributed by atoms with Crippen LogP contribution < -0.4 is 4.90 Å². The lowest BCUT2D eigenvalue weighted by molar-refractivity contribution is 0.669. The van der Waals surface area contributed by atoms with E-state index in [1.807, 2.05) is 0 Å². The van der Waals surface area contributed by atoms with E-state index in [4.69, 9.17) is 4.42 Å². The predicted molar refractivity (Wildman–Crippen MR) is 189 cm³/mol. The Bertz CT molecular complexity index is 2250. The predicted octanol–water partition coefficient (Wildman–Crippen LogP) is 12.3. The number of rotatable bonds is 6. The molecule has 0 atom stereocenters. The lowest BCUT2D eigenvalue weighted by atomic mass is 10.0. The van der Waals surface area contributed by atoms with E-state index in [0.29, 0.717) is 0 Å². The van der Waals surface area contributed by atoms with Crippen LogP contribution in [0.1, 0.15) is 0 Å². The van der Waals surface area contributed by atoms with Crippen LogP contribution >= 0.6 is 11.8 Å². The average Bonchev–Trinajstić information content (AvgIpc) is 3.50. The second-order valence-electron chi connectivity index (χ2n) is 10.9. The molecule has 1 heterocycles. The Morgan fingerprint density at radius 2 is 1.18 bits per heavy atom. The number of fused-ring (bicyclic) bond motifs is 5. The summed E-state index contributed by atoms with van der Waals surface area (Å²) in [5, 5.41) is 4.68. The van der Waals surface area contributed by atoms with Gasteiger partial charge in [-0.1, -0.05) is 115 Å². The van der Waals surface area contributed by atoms with Gasteiger partial charge in [-0.25, -0.2) is 0 Å². The van der Waals surface area contributed by atoms with Crippen LogP contribution in [0.15, 0.2) is 167 Å². The number of hydrogen-bond donors (Lipinski definition) is 0. The molecular weight excluding hydrogens is 555 g/mol. The van der Waals surface area contributed by atoms with Crippen LogP contribution in [0.5, 0.6) is 0 Å². The van der Waals surface area contributed by atoms with Gasteiger partial charge in [-0.2, -0.15) is 0 Å². The number of hydrogen-bond acceptors (Lipinski definition) is 3. The number of anilines is 3. The van der Waals surface area contributed by atoms with Crippen LogP contribution in [0.2, 0.25) is 0 Å². The maximum atomic E-state index is 6.72. The zero-order valence-corrected chi connectivity index (χ0v) is 25.1. The van der Waals surface area contributed by atoms with E-state index in [1.54, 1.807) is 11.8 Å². The minimum absolute atomic E-state index is 0.876. The number of para-hydroxylation sites is 1. The molecule has 7 aromatic carbocycles. The van der Waals surface area contributed by atoms with Gasteiger partial charge in [0.05, 0.1) is 5.69 Å². The molecule has 210 valence electrons. The monoisotopic (exact) mass is 583 g/mol. The Labute approximate surface area is 261 Å². The maximum Gasteiger partial charge on any atom is 0.159 e. The fourth-order valence-electron chi connectivity index (χ4n) is 6.27. The summed E-state index contributed by atoms with van der Waals surface area (Å²) in [6.07, 6.45) is 2.14. The fraction of sp³-hybridized carbons (Fsp3) is 0.0244. The highest BCUT2D eigenvalue weighted by molar-refractivity contribution is 7.98. The van der Waals surface area contributed by atoms with Crippen LogP contribution in [0.25, 0.3) is 55.0 Å². The van der Waals surface area contributed by atoms with Gasteiger partial charge in [-0.05, 0) is 81.7 Å². The van der Waals surface area contributed by atoms with Crippen molar-refractivity contribution in [2.75, 3.05) is 11.2 Å². The minimum atomic E-state index is 0.876. The minimum Gasteiger partial charge on any atom is -0.454 e. The maximum absolute atomic E-state index is 6.72. The van der Waals surface area contributed by atoms with Crippen LogP contribution in [-0.4, -0.2) is 6.26 Å². The smallest absolute Gasteiger partial charge is 0.159 e. The van der Waals surface area contributed by atoms with E-state index in [9.17, 15) is 0 Å². The summed E-state index contributed by atoms with van der Waals surface area (Å²) in [7, 11) is 0. The van der Waals surface area contributed by atoms with Crippen LogP contribution in [0, 0.1) is 0 Å². The second kappa shape index (κ2) is 11.1. The summed E-state index contributed by atoms with van der Waals surface area (Å²) in [6.45, 7) is 0. The van der Waals surface area contributed by atoms with Gasteiger partial charge in [0.2, 0.25) is 0 Å². The molecule has 0 amide bonds. The van der Waals surface area contributed by atoms with Crippen molar-refractivity contribution in [2.24, 2.45) is 0 Å². The number of furan rings is 1. The Balaban J connectivity index is 1.37. The molecule has 0 aliphatic carbocycles. The van der Waals surface area contributed by atoms with E-state index in [1.165, 1.54) is 37.9 Å². The molecule has 44 heavy (non-hydrogen) atoms. The first-order valence-corrected chi connectivity index (χ1v) is 16.0. The van der Waals surface area contributed by atoms with Crippen LogP contribution in [-0.2, 0) is 0 Å². The highest BCUT2D eigenvalue weighted by atomic mass is 32.2. The molecule has 0 saturated carbocycles. The highest BCUT2D eigenvalue weighted by Gasteiger charge is 2.21. The summed E-state index contributed by atoms with van der Waals surface area (Å²) in [5.41, 5.74) is 9.72. The van der Waals surface area contributed by atoms with Gasteiger partial charge in [0.1, 0.15) is 5.58 Å². The fourth-order valence-corrected chi connectivity index (χ4v) is 6.87. The van der Waals surface area contributed by atoms with Gasteiger partial charge in [0.15, 0.2) is 5.58 Å². The third-order valence-electron chi connectivity index (χ3n) is 8.37. The number of benzene rings is 7. The summed E-state index contributed by atoms with van der Waals surface area (Å²) in [4.78, 5) is 3.57. The molecule has 0 fully saturated rings. The van der Waals surface area contributed by atoms with Gasteiger partial charge < -0.3 is 9.32 Å². The van der Waals surface area contributed by atoms with Crippen molar-refractivity contribution in [1.29, 1.82) is 0 Å². The van der Waals surface area contributed by atoms with Gasteiger partial charge in [0, 0.05) is 27.0 Å². The second-order valence-corrected chi connectivity index (χ2v) is 11.8. The zero-order chi connectivity index (χ0) is 29.5. The molecule has 0 spiro atoms. The molecule has 8 aromatic rings. The van der Waals surface area contributed by atoms with Gasteiger partial charge in [0.25, 0.3) is 0 Å². The summed E-state index contributed by atoms with van der Waals surface area (Å²) >= 11 is 1.77. The van der Waals surface area contributed by atoms with Crippen LogP contribution in [0.3, 0.4) is 0 Å². The van der Waals surface area contributed by atoms with Gasteiger partial charge in [-0.3, -0.25) is 0 Å². The van der Waals surface area contributed by atoms with Crippen molar-refractivity contribution in [2.45, 2.75) is 4.90 Å². The SMILES string of the molecule is CSc1ccc(N(c2ccc(-c3ccccc3)cc2)c2cccc3c2oc2ccc4ccccc4c23)cc1-c1ccccc1. The molecule has 0 radical (unpaired) electrons. The zero-order valence-electron chi connectivity index (χ0n) is 24.3. The lowest BCUT2D eigenvalue weighted by Gasteiger charge is -2.27. The Morgan fingerprint density at radius 3 is 1.95 bits per heavy atom. The average molecular weight is 584 g/mol. The van der Waals surface area contributed by atoms with E-state index < -0.39 is 0 Å². The first-order valence-electron chi connectivity index (χ1n) is 14.8. The van der Waals surface area contributed by atoms with E-state index >= 15 is 0 Å². The van der Waals surface area contributed by atoms with Crippen LogP contribution in [0.4, 0.5) is 17.1 Å². The third-order valence-corrected chi connectivity index (χ3v) is 9.16. The Morgan fingerprint density at radius 1 is 0.523 bits per heavy atom. The molecule has 0 saturated heterocycles. The first kappa shape index (κ1) is 26.4. The van der Waals surface area contributed by atoms with Gasteiger partial charge >= 0.3 is 0 Å². The van der Waals surface area contributed by atoms with Crippen molar-refractivity contribution in [3.05, 3.63) is 158 Å². The number of nitrogens with zero attached hydrogens (tertiary/aromatic N) is 1. The first-order chi connectivity index (χ1) is 21.8. The van der Waals surface area contributed by atoms with Gasteiger partial charge in [-0.15, -0.1) is 11.8 Å². The van der Waals surface area contributed by atoms with E-state index in [2.05, 4.69) is 169 Å². The molecule has 0 aliphatic rings. The molecule has 0 bridgehead atoms. The van der Waals surface area contributed by atoms with Crippen molar-refractivity contribution in [3.8, 4) is 22.3 Å². The van der Waals surface area contributed by atoms with E-state index in [0.717, 1.165) is 39.0 Å². The molecule has 1 aromatic heterocycles. The van der Waals surface area contributed by atoms with Crippen molar-refractivity contribution in [3.63, 3.8) is 0 Å². The molecule has 0 aliphatic heterocycles. The molecule has 8 rings (SSSR count). The number of thioether (sulfide) groups is 1. The van der Waals surface area contributed by atoms with E-state index in [-0.39, 0.29) is 0 Å². The Kier molecular flexibility index (Phi) is 6.66. The molecule has 0 unspecified atom stereocenters. The summed E-state index contributed by atoms with van der Waals surface area (Å²) in [6, 6.07) is 56.1. The molecular formula is C41H29NOS. The topological polar surface area (TPSA) is 16.4 Å². The quantitative estimate of drug-likeness (QED) is 0.181.